The standard InChI is InChI=1S/C11H17/c1-2-3-8-11-9-6-4-5-7-10-11/h1-3,8,11H,4-7,9-10H2. The maximum atomic E-state index is 5.27. The molecule has 0 spiro atoms. The summed E-state index contributed by atoms with van der Waals surface area (Å²) in [4.78, 5) is 0. The average Bonchev–Trinajstić information content (AvgIpc) is 2.28. The molecule has 0 N–H and O–H groups in total. The van der Waals surface area contributed by atoms with Crippen LogP contribution in [0.15, 0.2) is 18.2 Å². The van der Waals surface area contributed by atoms with E-state index in [1.54, 1.807) is 6.08 Å². The van der Waals surface area contributed by atoms with Crippen LogP contribution in [-0.4, -0.2) is 0 Å². The van der Waals surface area contributed by atoms with E-state index in [4.69, 9.17) is 6.58 Å². The van der Waals surface area contributed by atoms with Crippen molar-refractivity contribution < 1.29 is 0 Å². The normalized spacial score (nSPS) is 21.8. The van der Waals surface area contributed by atoms with Crippen molar-refractivity contribution in [3.63, 3.8) is 0 Å². The van der Waals surface area contributed by atoms with Gasteiger partial charge in [-0.15, -0.1) is 0 Å². The lowest BCUT2D eigenvalue weighted by Crippen LogP contribution is -1.92. The first kappa shape index (κ1) is 8.58. The van der Waals surface area contributed by atoms with Crippen LogP contribution in [-0.2, 0) is 0 Å². The van der Waals surface area contributed by atoms with Gasteiger partial charge in [-0.25, -0.2) is 0 Å². The second-order valence-electron chi connectivity index (χ2n) is 3.33. The van der Waals surface area contributed by atoms with Crippen LogP contribution < -0.4 is 0 Å². The predicted octanol–water partition coefficient (Wildman–Crippen LogP) is 3.50. The number of allylic oxidation sites excluding steroid dienone is 3. The van der Waals surface area contributed by atoms with E-state index in [2.05, 4.69) is 6.08 Å². The highest BCUT2D eigenvalue weighted by atomic mass is 14.1. The predicted molar refractivity (Wildman–Crippen MR) is 49.2 cm³/mol. The van der Waals surface area contributed by atoms with E-state index in [1.165, 1.54) is 38.5 Å². The topological polar surface area (TPSA) is 0 Å². The molecule has 1 aliphatic rings. The fourth-order valence-electron chi connectivity index (χ4n) is 1.72. The second kappa shape index (κ2) is 5.17. The summed E-state index contributed by atoms with van der Waals surface area (Å²) in [6.45, 7) is 5.27. The summed E-state index contributed by atoms with van der Waals surface area (Å²) in [7, 11) is 0. The van der Waals surface area contributed by atoms with Gasteiger partial charge in [-0.3, -0.25) is 0 Å². The molecule has 0 nitrogen and oxygen atoms in total. The highest BCUT2D eigenvalue weighted by molar-refractivity contribution is 4.99. The molecule has 0 heterocycles. The van der Waals surface area contributed by atoms with Crippen molar-refractivity contribution in [2.75, 3.05) is 0 Å². The van der Waals surface area contributed by atoms with Gasteiger partial charge in [-0.1, -0.05) is 50.5 Å². The molecule has 0 aliphatic heterocycles. The van der Waals surface area contributed by atoms with Gasteiger partial charge in [-0.05, 0) is 18.8 Å². The van der Waals surface area contributed by atoms with E-state index in [0.717, 1.165) is 5.92 Å². The van der Waals surface area contributed by atoms with Gasteiger partial charge in [0.1, 0.15) is 0 Å². The first-order valence-electron chi connectivity index (χ1n) is 4.65. The molecule has 0 atom stereocenters. The lowest BCUT2D eigenvalue weighted by molar-refractivity contribution is 0.559. The molecule has 0 aromatic rings. The van der Waals surface area contributed by atoms with E-state index in [1.807, 2.05) is 6.08 Å². The molecule has 11 heavy (non-hydrogen) atoms. The van der Waals surface area contributed by atoms with Crippen molar-refractivity contribution in [1.82, 2.24) is 0 Å². The Morgan fingerprint density at radius 1 is 1.00 bits per heavy atom. The molecule has 0 unspecified atom stereocenters. The molecule has 1 rings (SSSR count). The lowest BCUT2D eigenvalue weighted by atomic mass is 10.0. The molecule has 0 aromatic heterocycles. The summed E-state index contributed by atoms with van der Waals surface area (Å²) in [6, 6.07) is 0. The third-order valence-corrected chi connectivity index (χ3v) is 2.39. The minimum Gasteiger partial charge on any atom is -0.0814 e. The number of rotatable bonds is 2. The zero-order valence-corrected chi connectivity index (χ0v) is 7.13. The van der Waals surface area contributed by atoms with Gasteiger partial charge in [0.2, 0.25) is 0 Å². The maximum absolute atomic E-state index is 5.27. The Morgan fingerprint density at radius 2 is 1.64 bits per heavy atom. The Balaban J connectivity index is 2.30. The molecule has 1 saturated carbocycles. The minimum atomic E-state index is 0.803. The maximum Gasteiger partial charge on any atom is -0.0230 e. The summed E-state index contributed by atoms with van der Waals surface area (Å²) in [5, 5.41) is 0. The largest absolute Gasteiger partial charge is 0.0814 e. The molecule has 0 bridgehead atoms. The van der Waals surface area contributed by atoms with Crippen LogP contribution in [0.3, 0.4) is 0 Å². The second-order valence-corrected chi connectivity index (χ2v) is 3.33. The molecule has 0 heteroatoms. The van der Waals surface area contributed by atoms with Crippen LogP contribution in [0.5, 0.6) is 0 Å². The quantitative estimate of drug-likeness (QED) is 0.416. The first-order chi connectivity index (χ1) is 5.43. The summed E-state index contributed by atoms with van der Waals surface area (Å²) < 4.78 is 0. The van der Waals surface area contributed by atoms with E-state index in [-0.39, 0.29) is 0 Å². The van der Waals surface area contributed by atoms with Gasteiger partial charge in [0, 0.05) is 0 Å². The fourth-order valence-corrected chi connectivity index (χ4v) is 1.72. The number of hydrogen-bond donors (Lipinski definition) is 0. The molecule has 0 amide bonds. The highest BCUT2D eigenvalue weighted by Crippen LogP contribution is 2.23. The number of hydrogen-bond acceptors (Lipinski definition) is 0. The van der Waals surface area contributed by atoms with Crippen molar-refractivity contribution in [3.05, 3.63) is 24.8 Å². The van der Waals surface area contributed by atoms with E-state index in [9.17, 15) is 0 Å². The van der Waals surface area contributed by atoms with Gasteiger partial charge >= 0.3 is 0 Å². The Hall–Kier alpha value is -0.520. The smallest absolute Gasteiger partial charge is 0.0230 e. The van der Waals surface area contributed by atoms with Gasteiger partial charge in [0.15, 0.2) is 0 Å². The van der Waals surface area contributed by atoms with Crippen molar-refractivity contribution in [2.45, 2.75) is 38.5 Å². The Morgan fingerprint density at radius 3 is 2.18 bits per heavy atom. The van der Waals surface area contributed by atoms with Crippen LogP contribution in [0.2, 0.25) is 0 Å². The monoisotopic (exact) mass is 149 g/mol. The van der Waals surface area contributed by atoms with Gasteiger partial charge in [0.05, 0.1) is 0 Å². The van der Waals surface area contributed by atoms with E-state index >= 15 is 0 Å². The third kappa shape index (κ3) is 3.41. The SMILES string of the molecule is [CH]=CC=CC1CCCCCC1. The van der Waals surface area contributed by atoms with Crippen LogP contribution in [0.1, 0.15) is 38.5 Å². The summed E-state index contributed by atoms with van der Waals surface area (Å²) in [5.74, 6) is 0.803. The molecule has 61 valence electrons. The molecule has 0 saturated heterocycles. The average molecular weight is 149 g/mol. The van der Waals surface area contributed by atoms with Crippen molar-refractivity contribution in [3.8, 4) is 0 Å². The van der Waals surface area contributed by atoms with Gasteiger partial charge in [0.25, 0.3) is 0 Å². The Labute approximate surface area is 70.0 Å². The fraction of sp³-hybridized carbons (Fsp3) is 0.636. The molecule has 1 radical (unpaired) electrons. The first-order valence-corrected chi connectivity index (χ1v) is 4.65. The summed E-state index contributed by atoms with van der Waals surface area (Å²) >= 11 is 0. The third-order valence-electron chi connectivity index (χ3n) is 2.39. The molecular weight excluding hydrogens is 132 g/mol. The molecule has 0 aromatic carbocycles. The highest BCUT2D eigenvalue weighted by Gasteiger charge is 2.07. The van der Waals surface area contributed by atoms with Crippen molar-refractivity contribution in [2.24, 2.45) is 5.92 Å². The summed E-state index contributed by atoms with van der Waals surface area (Å²) in [6.07, 6.45) is 14.3. The zero-order valence-electron chi connectivity index (χ0n) is 7.13. The lowest BCUT2D eigenvalue weighted by Gasteiger charge is -2.06. The molecule has 1 aliphatic carbocycles. The summed E-state index contributed by atoms with van der Waals surface area (Å²) in [5.41, 5.74) is 0. The van der Waals surface area contributed by atoms with Crippen molar-refractivity contribution in [1.29, 1.82) is 0 Å². The Bertz CT molecular complexity index is 125. The van der Waals surface area contributed by atoms with Crippen LogP contribution in [0.4, 0.5) is 0 Å². The van der Waals surface area contributed by atoms with Gasteiger partial charge in [-0.2, -0.15) is 0 Å². The van der Waals surface area contributed by atoms with E-state index in [0.29, 0.717) is 0 Å². The van der Waals surface area contributed by atoms with Crippen LogP contribution in [0.25, 0.3) is 0 Å². The zero-order chi connectivity index (χ0) is 7.94. The van der Waals surface area contributed by atoms with Crippen LogP contribution >= 0.6 is 0 Å². The van der Waals surface area contributed by atoms with E-state index < -0.39 is 0 Å². The van der Waals surface area contributed by atoms with Crippen LogP contribution in [0, 0.1) is 12.5 Å². The Kier molecular flexibility index (Phi) is 4.03. The van der Waals surface area contributed by atoms with Crippen molar-refractivity contribution >= 4 is 0 Å². The molecule has 1 fully saturated rings. The minimum absolute atomic E-state index is 0.803. The van der Waals surface area contributed by atoms with Gasteiger partial charge < -0.3 is 0 Å². The molecular formula is C11H17.